The summed E-state index contributed by atoms with van der Waals surface area (Å²) in [6, 6.07) is 6.12. The van der Waals surface area contributed by atoms with Gasteiger partial charge in [-0.1, -0.05) is 24.4 Å². The molecule has 0 bridgehead atoms. The van der Waals surface area contributed by atoms with E-state index in [2.05, 4.69) is 0 Å². The van der Waals surface area contributed by atoms with Gasteiger partial charge in [0.2, 0.25) is 0 Å². The number of rotatable bonds is 2. The Hall–Kier alpha value is -1.42. The van der Waals surface area contributed by atoms with Gasteiger partial charge in [0, 0.05) is 0 Å². The average molecular weight is 210 g/mol. The monoisotopic (exact) mass is 210 g/mol. The van der Waals surface area contributed by atoms with Gasteiger partial charge < -0.3 is 11.5 Å². The fraction of sp³-hybridized carbons (Fsp3) is 0.100. The van der Waals surface area contributed by atoms with Crippen molar-refractivity contribution in [1.82, 2.24) is 0 Å². The van der Waals surface area contributed by atoms with E-state index in [9.17, 15) is 4.39 Å². The van der Waals surface area contributed by atoms with E-state index in [0.717, 1.165) is 0 Å². The minimum Gasteiger partial charge on any atom is -0.396 e. The van der Waals surface area contributed by atoms with Crippen molar-refractivity contribution >= 4 is 22.8 Å². The van der Waals surface area contributed by atoms with Gasteiger partial charge in [0.15, 0.2) is 0 Å². The van der Waals surface area contributed by atoms with Crippen LogP contribution in [0.2, 0.25) is 0 Å². The molecule has 0 atom stereocenters. The average Bonchev–Trinajstić information content (AvgIpc) is 2.15. The third kappa shape index (κ3) is 2.29. The molecule has 0 aliphatic carbocycles. The lowest BCUT2D eigenvalue weighted by atomic mass is 10.1. The van der Waals surface area contributed by atoms with Gasteiger partial charge in [-0.2, -0.15) is 0 Å². The van der Waals surface area contributed by atoms with Crippen LogP contribution >= 0.6 is 12.2 Å². The minimum atomic E-state index is -0.308. The Bertz CT molecular complexity index is 399. The number of nitrogens with two attached hydrogens (primary N) is 2. The largest absolute Gasteiger partial charge is 0.396 e. The van der Waals surface area contributed by atoms with Gasteiger partial charge >= 0.3 is 0 Å². The van der Waals surface area contributed by atoms with Crippen LogP contribution in [0, 0.1) is 5.82 Å². The fourth-order valence-corrected chi connectivity index (χ4v) is 1.22. The molecule has 1 rings (SSSR count). The van der Waals surface area contributed by atoms with Crippen LogP contribution in [0.15, 0.2) is 30.0 Å². The molecule has 0 unspecified atom stereocenters. The van der Waals surface area contributed by atoms with E-state index in [-0.39, 0.29) is 10.8 Å². The highest BCUT2D eigenvalue weighted by Gasteiger charge is 2.04. The van der Waals surface area contributed by atoms with E-state index < -0.39 is 0 Å². The number of allylic oxidation sites excluding steroid dienone is 1. The van der Waals surface area contributed by atoms with Gasteiger partial charge in [0.1, 0.15) is 10.8 Å². The lowest BCUT2D eigenvalue weighted by Crippen LogP contribution is -2.19. The Kier molecular flexibility index (Phi) is 3.19. The van der Waals surface area contributed by atoms with E-state index in [4.69, 9.17) is 23.7 Å². The second-order valence-electron chi connectivity index (χ2n) is 2.91. The molecule has 0 saturated carbocycles. The zero-order valence-electron chi connectivity index (χ0n) is 7.75. The highest BCUT2D eigenvalue weighted by atomic mass is 32.1. The van der Waals surface area contributed by atoms with Crippen molar-refractivity contribution in [3.05, 3.63) is 41.3 Å². The van der Waals surface area contributed by atoms with Crippen molar-refractivity contribution in [3.8, 4) is 0 Å². The molecule has 4 heteroatoms. The first kappa shape index (κ1) is 10.7. The predicted molar refractivity (Wildman–Crippen MR) is 60.0 cm³/mol. The Labute approximate surface area is 87.4 Å². The summed E-state index contributed by atoms with van der Waals surface area (Å²) in [5, 5.41) is 0. The maximum atomic E-state index is 12.9. The first-order chi connectivity index (χ1) is 6.52. The molecule has 2 nitrogen and oxygen atoms in total. The Balaban J connectivity index is 3.18. The lowest BCUT2D eigenvalue weighted by Gasteiger charge is -2.06. The van der Waals surface area contributed by atoms with Gasteiger partial charge in [-0.3, -0.25) is 0 Å². The van der Waals surface area contributed by atoms with Crippen LogP contribution in [-0.4, -0.2) is 4.99 Å². The first-order valence-electron chi connectivity index (χ1n) is 4.04. The van der Waals surface area contributed by atoms with Crippen LogP contribution in [-0.2, 0) is 0 Å². The number of hydrogen-bond donors (Lipinski definition) is 2. The summed E-state index contributed by atoms with van der Waals surface area (Å²) in [4.78, 5) is 0.131. The molecule has 0 amide bonds. The van der Waals surface area contributed by atoms with Crippen LogP contribution in [0.3, 0.4) is 0 Å². The molecule has 0 aliphatic heterocycles. The van der Waals surface area contributed by atoms with Gasteiger partial charge in [0.05, 0.1) is 5.70 Å². The van der Waals surface area contributed by atoms with Crippen LogP contribution in [0.25, 0.3) is 5.57 Å². The zero-order valence-corrected chi connectivity index (χ0v) is 8.57. The predicted octanol–water partition coefficient (Wildman–Crippen LogP) is 1.80. The van der Waals surface area contributed by atoms with E-state index >= 15 is 0 Å². The van der Waals surface area contributed by atoms with Crippen molar-refractivity contribution < 1.29 is 4.39 Å². The number of hydrogen-bond acceptors (Lipinski definition) is 2. The van der Waals surface area contributed by atoms with Gasteiger partial charge in [0.25, 0.3) is 0 Å². The topological polar surface area (TPSA) is 52.0 Å². The summed E-state index contributed by atoms with van der Waals surface area (Å²) >= 11 is 4.73. The summed E-state index contributed by atoms with van der Waals surface area (Å²) in [5.74, 6) is -0.308. The summed E-state index contributed by atoms with van der Waals surface area (Å²) in [6.45, 7) is 1.75. The summed E-state index contributed by atoms with van der Waals surface area (Å²) in [7, 11) is 0. The van der Waals surface area contributed by atoms with Crippen LogP contribution in [0.1, 0.15) is 12.5 Å². The Morgan fingerprint density at radius 1 is 1.36 bits per heavy atom. The van der Waals surface area contributed by atoms with E-state index in [0.29, 0.717) is 16.8 Å². The van der Waals surface area contributed by atoms with Crippen LogP contribution < -0.4 is 11.5 Å². The number of benzene rings is 1. The molecule has 0 radical (unpaired) electrons. The van der Waals surface area contributed by atoms with E-state index in [1.54, 1.807) is 19.1 Å². The van der Waals surface area contributed by atoms with Gasteiger partial charge in [-0.05, 0) is 30.2 Å². The normalized spacial score (nSPS) is 12.1. The molecular formula is C10H11FN2S. The molecule has 0 heterocycles. The molecule has 0 aromatic heterocycles. The lowest BCUT2D eigenvalue weighted by molar-refractivity contribution is 0.627. The van der Waals surface area contributed by atoms with Gasteiger partial charge in [-0.15, -0.1) is 0 Å². The highest BCUT2D eigenvalue weighted by molar-refractivity contribution is 7.80. The second-order valence-corrected chi connectivity index (χ2v) is 3.35. The zero-order chi connectivity index (χ0) is 10.7. The molecule has 0 saturated heterocycles. The number of thiocarbonyl (C=S) groups is 1. The van der Waals surface area contributed by atoms with Crippen molar-refractivity contribution in [2.45, 2.75) is 6.92 Å². The van der Waals surface area contributed by atoms with Gasteiger partial charge in [-0.25, -0.2) is 4.39 Å². The van der Waals surface area contributed by atoms with Crippen molar-refractivity contribution in [3.63, 3.8) is 0 Å². The van der Waals surface area contributed by atoms with E-state index in [1.807, 2.05) is 0 Å². The third-order valence-corrected chi connectivity index (χ3v) is 2.15. The Morgan fingerprint density at radius 2 is 2.00 bits per heavy atom. The van der Waals surface area contributed by atoms with Crippen molar-refractivity contribution in [2.75, 3.05) is 0 Å². The summed E-state index contributed by atoms with van der Waals surface area (Å²) in [6.07, 6.45) is 0. The summed E-state index contributed by atoms with van der Waals surface area (Å²) in [5.41, 5.74) is 12.7. The van der Waals surface area contributed by atoms with Crippen LogP contribution in [0.4, 0.5) is 4.39 Å². The van der Waals surface area contributed by atoms with Crippen molar-refractivity contribution in [2.24, 2.45) is 11.5 Å². The fourth-order valence-electron chi connectivity index (χ4n) is 1.06. The molecule has 74 valence electrons. The maximum absolute atomic E-state index is 12.9. The Morgan fingerprint density at radius 3 is 2.50 bits per heavy atom. The van der Waals surface area contributed by atoms with E-state index in [1.165, 1.54) is 12.1 Å². The standard InChI is InChI=1S/C10H11FN2S/c1-6(9(12)10(13)14)7-3-2-4-8(11)5-7/h2-5H,12H2,1H3,(H2,13,14)/b9-6-. The molecule has 1 aromatic rings. The first-order valence-corrected chi connectivity index (χ1v) is 4.45. The minimum absolute atomic E-state index is 0.131. The van der Waals surface area contributed by atoms with Crippen LogP contribution in [0.5, 0.6) is 0 Å². The molecule has 0 fully saturated rings. The quantitative estimate of drug-likeness (QED) is 0.578. The molecule has 14 heavy (non-hydrogen) atoms. The summed E-state index contributed by atoms with van der Waals surface area (Å²) < 4.78 is 12.9. The second kappa shape index (κ2) is 4.19. The SMILES string of the molecule is C/C(=C(/N)C(N)=S)c1cccc(F)c1. The number of halogens is 1. The maximum Gasteiger partial charge on any atom is 0.123 e. The molecular weight excluding hydrogens is 199 g/mol. The molecule has 1 aromatic carbocycles. The molecule has 4 N–H and O–H groups in total. The highest BCUT2D eigenvalue weighted by Crippen LogP contribution is 2.16. The molecule has 0 spiro atoms. The molecule has 0 aliphatic rings. The third-order valence-electron chi connectivity index (χ3n) is 1.93. The smallest absolute Gasteiger partial charge is 0.123 e. The van der Waals surface area contributed by atoms with Crippen molar-refractivity contribution in [1.29, 1.82) is 0 Å².